The van der Waals surface area contributed by atoms with E-state index in [1.165, 1.54) is 17.7 Å². The molecule has 0 atom stereocenters. The first kappa shape index (κ1) is 13.1. The van der Waals surface area contributed by atoms with Crippen LogP contribution in [0.2, 0.25) is 5.02 Å². The number of thioether (sulfide) groups is 1. The maximum Gasteiger partial charge on any atom is 0.118 e. The Morgan fingerprint density at radius 1 is 1.21 bits per heavy atom. The summed E-state index contributed by atoms with van der Waals surface area (Å²) in [5.74, 6) is 2.87. The second-order valence-electron chi connectivity index (χ2n) is 4.77. The van der Waals surface area contributed by atoms with E-state index in [4.69, 9.17) is 16.0 Å². The number of rotatable bonds is 6. The second-order valence-corrected chi connectivity index (χ2v) is 6.25. The molecule has 2 aromatic rings. The Labute approximate surface area is 122 Å². The second kappa shape index (κ2) is 6.04. The van der Waals surface area contributed by atoms with Gasteiger partial charge >= 0.3 is 0 Å². The van der Waals surface area contributed by atoms with Crippen molar-refractivity contribution in [2.45, 2.75) is 36.1 Å². The molecule has 1 saturated carbocycles. The van der Waals surface area contributed by atoms with E-state index < -0.39 is 0 Å². The van der Waals surface area contributed by atoms with E-state index in [0.29, 0.717) is 0 Å². The van der Waals surface area contributed by atoms with Crippen LogP contribution in [0, 0.1) is 0 Å². The Kier molecular flexibility index (Phi) is 4.16. The Bertz CT molecular complexity index is 551. The average molecular weight is 294 g/mol. The molecule has 100 valence electrons. The zero-order valence-electron chi connectivity index (χ0n) is 10.6. The lowest BCUT2D eigenvalue weighted by Crippen LogP contribution is -2.14. The number of halogens is 1. The molecule has 0 spiro atoms. The van der Waals surface area contributed by atoms with Gasteiger partial charge in [0.15, 0.2) is 0 Å². The van der Waals surface area contributed by atoms with Gasteiger partial charge in [0, 0.05) is 16.0 Å². The van der Waals surface area contributed by atoms with Gasteiger partial charge in [-0.1, -0.05) is 17.7 Å². The van der Waals surface area contributed by atoms with E-state index in [1.807, 2.05) is 18.2 Å². The first-order valence-electron chi connectivity index (χ1n) is 6.49. The van der Waals surface area contributed by atoms with Gasteiger partial charge in [0.25, 0.3) is 0 Å². The highest BCUT2D eigenvalue weighted by atomic mass is 35.5. The van der Waals surface area contributed by atoms with Crippen molar-refractivity contribution in [3.8, 4) is 0 Å². The third-order valence-corrected chi connectivity index (χ3v) is 4.29. The normalized spacial score (nSPS) is 14.8. The quantitative estimate of drug-likeness (QED) is 0.795. The Balaban J connectivity index is 1.51. The van der Waals surface area contributed by atoms with E-state index in [9.17, 15) is 0 Å². The lowest BCUT2D eigenvalue weighted by molar-refractivity contribution is 0.458. The van der Waals surface area contributed by atoms with Gasteiger partial charge in [-0.3, -0.25) is 0 Å². The number of hydrogen-bond donors (Lipinski definition) is 1. The SMILES string of the molecule is Clc1cccc(SCc2ccc(CNC3CC3)o2)c1. The lowest BCUT2D eigenvalue weighted by Gasteiger charge is -2.01. The minimum atomic E-state index is 0.717. The summed E-state index contributed by atoms with van der Waals surface area (Å²) in [4.78, 5) is 1.17. The summed E-state index contributed by atoms with van der Waals surface area (Å²) >= 11 is 7.70. The van der Waals surface area contributed by atoms with Crippen molar-refractivity contribution in [1.29, 1.82) is 0 Å². The summed E-state index contributed by atoms with van der Waals surface area (Å²) in [7, 11) is 0. The monoisotopic (exact) mass is 293 g/mol. The predicted octanol–water partition coefficient (Wildman–Crippen LogP) is 4.48. The third kappa shape index (κ3) is 4.03. The van der Waals surface area contributed by atoms with Crippen LogP contribution in [-0.4, -0.2) is 6.04 Å². The maximum absolute atomic E-state index is 5.96. The van der Waals surface area contributed by atoms with Crippen molar-refractivity contribution < 1.29 is 4.42 Å². The molecule has 1 aliphatic rings. The largest absolute Gasteiger partial charge is 0.464 e. The van der Waals surface area contributed by atoms with Gasteiger partial charge in [-0.2, -0.15) is 0 Å². The lowest BCUT2D eigenvalue weighted by atomic mass is 10.4. The molecule has 1 aliphatic carbocycles. The van der Waals surface area contributed by atoms with Crippen LogP contribution in [0.5, 0.6) is 0 Å². The fourth-order valence-corrected chi connectivity index (χ4v) is 2.94. The minimum Gasteiger partial charge on any atom is -0.464 e. The van der Waals surface area contributed by atoms with E-state index >= 15 is 0 Å². The molecule has 4 heteroatoms. The highest BCUT2D eigenvalue weighted by molar-refractivity contribution is 7.98. The topological polar surface area (TPSA) is 25.2 Å². The Morgan fingerprint density at radius 3 is 2.84 bits per heavy atom. The van der Waals surface area contributed by atoms with Crippen LogP contribution in [0.15, 0.2) is 45.7 Å². The molecule has 1 N–H and O–H groups in total. The Hall–Kier alpha value is -0.900. The molecular formula is C15H16ClNOS. The van der Waals surface area contributed by atoms with Crippen molar-refractivity contribution in [3.63, 3.8) is 0 Å². The molecule has 0 radical (unpaired) electrons. The summed E-state index contributed by atoms with van der Waals surface area (Å²) < 4.78 is 5.80. The van der Waals surface area contributed by atoms with Crippen LogP contribution < -0.4 is 5.32 Å². The van der Waals surface area contributed by atoms with Crippen LogP contribution in [0.4, 0.5) is 0 Å². The first-order valence-corrected chi connectivity index (χ1v) is 7.85. The van der Waals surface area contributed by atoms with Crippen LogP contribution >= 0.6 is 23.4 Å². The van der Waals surface area contributed by atoms with E-state index in [2.05, 4.69) is 23.5 Å². The number of hydrogen-bond acceptors (Lipinski definition) is 3. The molecule has 1 heterocycles. The maximum atomic E-state index is 5.96. The van der Waals surface area contributed by atoms with Crippen molar-refractivity contribution >= 4 is 23.4 Å². The number of furan rings is 1. The van der Waals surface area contributed by atoms with Crippen LogP contribution in [0.3, 0.4) is 0 Å². The third-order valence-electron chi connectivity index (χ3n) is 3.04. The summed E-state index contributed by atoms with van der Waals surface area (Å²) in [5, 5.41) is 4.23. The number of benzene rings is 1. The molecule has 0 bridgehead atoms. The van der Waals surface area contributed by atoms with Crippen molar-refractivity contribution in [1.82, 2.24) is 5.32 Å². The summed E-state index contributed by atoms with van der Waals surface area (Å²) in [6, 6.07) is 12.7. The smallest absolute Gasteiger partial charge is 0.118 e. The molecule has 0 unspecified atom stereocenters. The van der Waals surface area contributed by atoms with Gasteiger partial charge in [0.1, 0.15) is 11.5 Å². The zero-order chi connectivity index (χ0) is 13.1. The van der Waals surface area contributed by atoms with Crippen LogP contribution in [0.25, 0.3) is 0 Å². The highest BCUT2D eigenvalue weighted by Gasteiger charge is 2.20. The van der Waals surface area contributed by atoms with E-state index in [1.54, 1.807) is 11.8 Å². The molecule has 0 aliphatic heterocycles. The minimum absolute atomic E-state index is 0.717. The predicted molar refractivity (Wildman–Crippen MR) is 79.6 cm³/mol. The van der Waals surface area contributed by atoms with Gasteiger partial charge in [-0.25, -0.2) is 0 Å². The van der Waals surface area contributed by atoms with Gasteiger partial charge in [-0.15, -0.1) is 11.8 Å². The summed E-state index contributed by atoms with van der Waals surface area (Å²) in [6.07, 6.45) is 2.61. The van der Waals surface area contributed by atoms with Gasteiger partial charge in [0.05, 0.1) is 12.3 Å². The van der Waals surface area contributed by atoms with Crippen LogP contribution in [0.1, 0.15) is 24.4 Å². The summed E-state index contributed by atoms with van der Waals surface area (Å²) in [6.45, 7) is 0.840. The molecule has 1 aromatic heterocycles. The molecule has 2 nitrogen and oxygen atoms in total. The van der Waals surface area contributed by atoms with Gasteiger partial charge < -0.3 is 9.73 Å². The average Bonchev–Trinajstić information content (AvgIpc) is 3.13. The van der Waals surface area contributed by atoms with Crippen LogP contribution in [-0.2, 0) is 12.3 Å². The molecule has 1 aromatic carbocycles. The number of nitrogens with one attached hydrogen (secondary N) is 1. The molecule has 19 heavy (non-hydrogen) atoms. The molecule has 0 saturated heterocycles. The van der Waals surface area contributed by atoms with Crippen molar-refractivity contribution in [3.05, 3.63) is 52.9 Å². The Morgan fingerprint density at radius 2 is 2.05 bits per heavy atom. The highest BCUT2D eigenvalue weighted by Crippen LogP contribution is 2.26. The fourth-order valence-electron chi connectivity index (χ4n) is 1.84. The van der Waals surface area contributed by atoms with Gasteiger partial charge in [0.2, 0.25) is 0 Å². The summed E-state index contributed by atoms with van der Waals surface area (Å²) in [5.41, 5.74) is 0. The molecule has 1 fully saturated rings. The fraction of sp³-hybridized carbons (Fsp3) is 0.333. The first-order chi connectivity index (χ1) is 9.29. The standard InChI is InChI=1S/C15H16ClNOS/c16-11-2-1-3-15(8-11)19-10-14-7-6-13(18-14)9-17-12-4-5-12/h1-3,6-8,12,17H,4-5,9-10H2. The van der Waals surface area contributed by atoms with Crippen molar-refractivity contribution in [2.24, 2.45) is 0 Å². The molecule has 3 rings (SSSR count). The van der Waals surface area contributed by atoms with Crippen molar-refractivity contribution in [2.75, 3.05) is 0 Å². The zero-order valence-corrected chi connectivity index (χ0v) is 12.1. The molecular weight excluding hydrogens is 278 g/mol. The van der Waals surface area contributed by atoms with Gasteiger partial charge in [-0.05, 0) is 43.2 Å². The van der Waals surface area contributed by atoms with E-state index in [0.717, 1.165) is 34.9 Å². The van der Waals surface area contributed by atoms with E-state index in [-0.39, 0.29) is 0 Å². The molecule has 0 amide bonds.